The Balaban J connectivity index is 1.84. The van der Waals surface area contributed by atoms with E-state index in [0.717, 1.165) is 28.6 Å². The van der Waals surface area contributed by atoms with Gasteiger partial charge in [0.25, 0.3) is 5.91 Å². The number of aliphatic hydroxyl groups excluding tert-OH is 1. The van der Waals surface area contributed by atoms with E-state index in [1.807, 2.05) is 49.4 Å². The van der Waals surface area contributed by atoms with Gasteiger partial charge in [0.2, 0.25) is 0 Å². The Kier molecular flexibility index (Phi) is 4.91. The SMILES string of the molecule is CCc1[nH]nc2ccc(C(=O)NC(CCO)c3ccccc3)cc12. The van der Waals surface area contributed by atoms with Gasteiger partial charge in [0.05, 0.1) is 11.6 Å². The van der Waals surface area contributed by atoms with E-state index in [2.05, 4.69) is 15.5 Å². The smallest absolute Gasteiger partial charge is 0.251 e. The molecule has 124 valence electrons. The zero-order valence-electron chi connectivity index (χ0n) is 13.6. The molecule has 0 spiro atoms. The molecule has 0 aliphatic carbocycles. The fourth-order valence-electron chi connectivity index (χ4n) is 2.85. The quantitative estimate of drug-likeness (QED) is 0.652. The second-order valence-corrected chi connectivity index (χ2v) is 5.74. The molecule has 0 aliphatic heterocycles. The lowest BCUT2D eigenvalue weighted by molar-refractivity contribution is 0.0930. The number of carbonyl (C=O) groups is 1. The van der Waals surface area contributed by atoms with Crippen molar-refractivity contribution >= 4 is 16.8 Å². The van der Waals surface area contributed by atoms with E-state index in [9.17, 15) is 9.90 Å². The minimum absolute atomic E-state index is 0.0145. The first-order valence-electron chi connectivity index (χ1n) is 8.16. The molecule has 2 aromatic carbocycles. The number of amides is 1. The number of nitrogens with one attached hydrogen (secondary N) is 2. The maximum Gasteiger partial charge on any atom is 0.251 e. The summed E-state index contributed by atoms with van der Waals surface area (Å²) in [5.41, 5.74) is 3.46. The number of carbonyl (C=O) groups excluding carboxylic acids is 1. The Labute approximate surface area is 140 Å². The molecule has 5 nitrogen and oxygen atoms in total. The van der Waals surface area contributed by atoms with Gasteiger partial charge in [0.1, 0.15) is 0 Å². The topological polar surface area (TPSA) is 78.0 Å². The lowest BCUT2D eigenvalue weighted by Crippen LogP contribution is -2.29. The van der Waals surface area contributed by atoms with Crippen LogP contribution in [0.25, 0.3) is 10.9 Å². The van der Waals surface area contributed by atoms with Gasteiger partial charge in [-0.05, 0) is 36.6 Å². The summed E-state index contributed by atoms with van der Waals surface area (Å²) in [4.78, 5) is 12.6. The zero-order chi connectivity index (χ0) is 16.9. The number of aliphatic hydroxyl groups is 1. The maximum atomic E-state index is 12.6. The van der Waals surface area contributed by atoms with Crippen LogP contribution in [0.4, 0.5) is 0 Å². The van der Waals surface area contributed by atoms with Gasteiger partial charge in [-0.2, -0.15) is 5.10 Å². The molecule has 3 aromatic rings. The van der Waals surface area contributed by atoms with Crippen LogP contribution in [0, 0.1) is 0 Å². The molecular weight excluding hydrogens is 302 g/mol. The Bertz CT molecular complexity index is 827. The van der Waals surface area contributed by atoms with E-state index in [-0.39, 0.29) is 18.6 Å². The summed E-state index contributed by atoms with van der Waals surface area (Å²) in [5, 5.41) is 20.5. The van der Waals surface area contributed by atoms with Gasteiger partial charge in [0.15, 0.2) is 0 Å². The third kappa shape index (κ3) is 3.31. The van der Waals surface area contributed by atoms with Crippen molar-refractivity contribution < 1.29 is 9.90 Å². The second-order valence-electron chi connectivity index (χ2n) is 5.74. The summed E-state index contributed by atoms with van der Waals surface area (Å²) >= 11 is 0. The minimum Gasteiger partial charge on any atom is -0.396 e. The van der Waals surface area contributed by atoms with Crippen LogP contribution in [0.2, 0.25) is 0 Å². The van der Waals surface area contributed by atoms with E-state index in [1.165, 1.54) is 0 Å². The monoisotopic (exact) mass is 323 g/mol. The zero-order valence-corrected chi connectivity index (χ0v) is 13.6. The highest BCUT2D eigenvalue weighted by atomic mass is 16.3. The number of hydrogen-bond donors (Lipinski definition) is 3. The van der Waals surface area contributed by atoms with E-state index < -0.39 is 0 Å². The molecule has 3 N–H and O–H groups in total. The van der Waals surface area contributed by atoms with E-state index in [1.54, 1.807) is 6.07 Å². The van der Waals surface area contributed by atoms with Crippen molar-refractivity contribution in [2.75, 3.05) is 6.61 Å². The molecule has 0 radical (unpaired) electrons. The van der Waals surface area contributed by atoms with Crippen molar-refractivity contribution in [3.8, 4) is 0 Å². The molecule has 0 saturated heterocycles. The van der Waals surface area contributed by atoms with E-state index in [0.29, 0.717) is 12.0 Å². The van der Waals surface area contributed by atoms with Crippen molar-refractivity contribution in [3.05, 3.63) is 65.4 Å². The molecule has 1 amide bonds. The minimum atomic E-state index is -0.214. The normalized spacial score (nSPS) is 12.2. The summed E-state index contributed by atoms with van der Waals surface area (Å²) in [7, 11) is 0. The molecular formula is C19H21N3O2. The highest BCUT2D eigenvalue weighted by Gasteiger charge is 2.16. The fourth-order valence-corrected chi connectivity index (χ4v) is 2.85. The van der Waals surface area contributed by atoms with Gasteiger partial charge in [-0.1, -0.05) is 37.3 Å². The predicted octanol–water partition coefficient (Wildman–Crippen LogP) is 2.98. The number of nitrogens with zero attached hydrogens (tertiary/aromatic N) is 1. The molecule has 24 heavy (non-hydrogen) atoms. The highest BCUT2D eigenvalue weighted by Crippen LogP contribution is 2.20. The van der Waals surface area contributed by atoms with Crippen LogP contribution < -0.4 is 5.32 Å². The average Bonchev–Trinajstić information content (AvgIpc) is 3.04. The largest absolute Gasteiger partial charge is 0.396 e. The number of aromatic nitrogens is 2. The van der Waals surface area contributed by atoms with E-state index >= 15 is 0 Å². The first-order chi connectivity index (χ1) is 11.7. The molecule has 1 unspecified atom stereocenters. The molecule has 3 rings (SSSR count). The Hall–Kier alpha value is -2.66. The highest BCUT2D eigenvalue weighted by molar-refractivity contribution is 5.98. The molecule has 1 aromatic heterocycles. The molecule has 1 heterocycles. The van der Waals surface area contributed by atoms with Gasteiger partial charge < -0.3 is 10.4 Å². The van der Waals surface area contributed by atoms with Crippen LogP contribution in [0.15, 0.2) is 48.5 Å². The van der Waals surface area contributed by atoms with Crippen LogP contribution in [-0.2, 0) is 6.42 Å². The molecule has 5 heteroatoms. The molecule has 0 fully saturated rings. The Morgan fingerprint density at radius 2 is 2.04 bits per heavy atom. The van der Waals surface area contributed by atoms with Crippen LogP contribution in [-0.4, -0.2) is 27.8 Å². The molecule has 1 atom stereocenters. The third-order valence-corrected chi connectivity index (χ3v) is 4.17. The lowest BCUT2D eigenvalue weighted by Gasteiger charge is -2.18. The lowest BCUT2D eigenvalue weighted by atomic mass is 10.0. The van der Waals surface area contributed by atoms with Crippen LogP contribution in [0.5, 0.6) is 0 Å². The summed E-state index contributed by atoms with van der Waals surface area (Å²) in [6, 6.07) is 15.0. The molecule has 0 aliphatic rings. The van der Waals surface area contributed by atoms with Gasteiger partial charge in [-0.25, -0.2) is 0 Å². The number of rotatable bonds is 6. The van der Waals surface area contributed by atoms with Gasteiger partial charge in [-0.3, -0.25) is 9.89 Å². The Morgan fingerprint density at radius 1 is 1.25 bits per heavy atom. The average molecular weight is 323 g/mol. The van der Waals surface area contributed by atoms with Crippen molar-refractivity contribution in [3.63, 3.8) is 0 Å². The summed E-state index contributed by atoms with van der Waals surface area (Å²) in [6.45, 7) is 2.06. The number of aromatic amines is 1. The molecule has 0 saturated carbocycles. The van der Waals surface area contributed by atoms with Crippen molar-refractivity contribution in [1.82, 2.24) is 15.5 Å². The Morgan fingerprint density at radius 3 is 2.75 bits per heavy atom. The van der Waals surface area contributed by atoms with Crippen LogP contribution in [0.1, 0.15) is 41.0 Å². The standard InChI is InChI=1S/C19H21N3O2/c1-2-16-15-12-14(8-9-18(15)22-21-16)19(24)20-17(10-11-23)13-6-4-3-5-7-13/h3-9,12,17,23H,2,10-11H2,1H3,(H,20,24)(H,21,22). The van der Waals surface area contributed by atoms with Crippen LogP contribution >= 0.6 is 0 Å². The molecule has 0 bridgehead atoms. The van der Waals surface area contributed by atoms with Crippen molar-refractivity contribution in [2.24, 2.45) is 0 Å². The van der Waals surface area contributed by atoms with Gasteiger partial charge in [-0.15, -0.1) is 0 Å². The number of fused-ring (bicyclic) bond motifs is 1. The van der Waals surface area contributed by atoms with Crippen molar-refractivity contribution in [1.29, 1.82) is 0 Å². The van der Waals surface area contributed by atoms with Crippen LogP contribution in [0.3, 0.4) is 0 Å². The third-order valence-electron chi connectivity index (χ3n) is 4.17. The number of benzene rings is 2. The number of H-pyrrole nitrogens is 1. The van der Waals surface area contributed by atoms with E-state index in [4.69, 9.17) is 0 Å². The first kappa shape index (κ1) is 16.2. The predicted molar refractivity (Wildman–Crippen MR) is 93.8 cm³/mol. The van der Waals surface area contributed by atoms with Gasteiger partial charge in [0, 0.05) is 23.3 Å². The summed E-state index contributed by atoms with van der Waals surface area (Å²) in [5.74, 6) is -0.151. The summed E-state index contributed by atoms with van der Waals surface area (Å²) in [6.07, 6.45) is 1.31. The summed E-state index contributed by atoms with van der Waals surface area (Å²) < 4.78 is 0. The number of aryl methyl sites for hydroxylation is 1. The second kappa shape index (κ2) is 7.27. The van der Waals surface area contributed by atoms with Crippen molar-refractivity contribution in [2.45, 2.75) is 25.8 Å². The first-order valence-corrected chi connectivity index (χ1v) is 8.16. The number of hydrogen-bond acceptors (Lipinski definition) is 3. The maximum absolute atomic E-state index is 12.6. The fraction of sp³-hybridized carbons (Fsp3) is 0.263. The van der Waals surface area contributed by atoms with Gasteiger partial charge >= 0.3 is 0 Å².